The minimum Gasteiger partial charge on any atom is -0.378 e. The molecule has 1 aliphatic carbocycles. The van der Waals surface area contributed by atoms with E-state index in [0.29, 0.717) is 13.2 Å². The van der Waals surface area contributed by atoms with Crippen LogP contribution in [0.1, 0.15) is 67.6 Å². The van der Waals surface area contributed by atoms with Gasteiger partial charge in [-0.15, -0.1) is 0 Å². The van der Waals surface area contributed by atoms with Crippen molar-refractivity contribution in [3.05, 3.63) is 34.9 Å². The zero-order chi connectivity index (χ0) is 27.7. The van der Waals surface area contributed by atoms with Crippen molar-refractivity contribution in [1.82, 2.24) is 35.2 Å². The number of pyridine rings is 1. The lowest BCUT2D eigenvalue weighted by molar-refractivity contribution is -0.125. The predicted molar refractivity (Wildman–Crippen MR) is 155 cm³/mol. The molecule has 2 aliphatic heterocycles. The molecule has 0 bridgehead atoms. The molecule has 3 aromatic rings. The van der Waals surface area contributed by atoms with Crippen LogP contribution in [0.25, 0.3) is 11.0 Å². The number of amides is 1. The Morgan fingerprint density at radius 2 is 2.10 bits per heavy atom. The molecular weight excluding hydrogens is 504 g/mol. The van der Waals surface area contributed by atoms with Crippen molar-refractivity contribution in [2.75, 3.05) is 37.7 Å². The highest BCUT2D eigenvalue weighted by atomic mass is 16.5. The number of aryl methyl sites for hydroxylation is 3. The SMILES string of the molecule is Cc1cc(N2CCc3c(c(C)nn3CC3(CCCNC(=O)[C@@H]4COCCN4)CCCCC3)C2)c2cnn(C)c2n1. The van der Waals surface area contributed by atoms with Crippen LogP contribution < -0.4 is 15.5 Å². The highest BCUT2D eigenvalue weighted by Crippen LogP contribution is 2.42. The molecule has 10 nitrogen and oxygen atoms in total. The van der Waals surface area contributed by atoms with Gasteiger partial charge in [0.2, 0.25) is 5.91 Å². The van der Waals surface area contributed by atoms with E-state index in [1.54, 1.807) is 0 Å². The second kappa shape index (κ2) is 11.5. The standard InChI is InChI=1S/C30H44N8O2/c1-21-16-27(23-17-33-36(3)28(23)34-21)37-14-8-26-24(18-37)22(2)35-38(26)20-30(9-5-4-6-10-30)11-7-12-32-29(39)25-19-40-15-13-31-25/h16-17,25,31H,4-15,18-20H2,1-3H3,(H,32,39)/t25-/m0/s1. The van der Waals surface area contributed by atoms with Gasteiger partial charge in [0.25, 0.3) is 0 Å². The first-order chi connectivity index (χ1) is 19.4. The van der Waals surface area contributed by atoms with Crippen molar-refractivity contribution in [2.45, 2.75) is 84.3 Å². The number of rotatable bonds is 8. The van der Waals surface area contributed by atoms with Crippen LogP contribution in [-0.2, 0) is 36.1 Å². The second-order valence-electron chi connectivity index (χ2n) is 12.2. The van der Waals surface area contributed by atoms with Gasteiger partial charge < -0.3 is 20.3 Å². The van der Waals surface area contributed by atoms with Crippen LogP contribution in [0.2, 0.25) is 0 Å². The van der Waals surface area contributed by atoms with Gasteiger partial charge in [0.15, 0.2) is 5.65 Å². The molecule has 40 heavy (non-hydrogen) atoms. The Bertz CT molecular complexity index is 1350. The maximum Gasteiger partial charge on any atom is 0.239 e. The number of carbonyl (C=O) groups is 1. The average Bonchev–Trinajstić information content (AvgIpc) is 3.49. The average molecular weight is 549 g/mol. The maximum atomic E-state index is 12.5. The number of nitrogens with one attached hydrogen (secondary N) is 2. The van der Waals surface area contributed by atoms with Gasteiger partial charge in [-0.05, 0) is 51.0 Å². The molecule has 1 atom stereocenters. The van der Waals surface area contributed by atoms with Crippen LogP contribution in [-0.4, -0.2) is 69.3 Å². The summed E-state index contributed by atoms with van der Waals surface area (Å²) in [6.07, 6.45) is 11.4. The Balaban J connectivity index is 1.14. The van der Waals surface area contributed by atoms with E-state index in [1.165, 1.54) is 49.0 Å². The normalized spacial score (nSPS) is 21.0. The lowest BCUT2D eigenvalue weighted by atomic mass is 9.71. The molecule has 216 valence electrons. The van der Waals surface area contributed by atoms with Crippen molar-refractivity contribution in [1.29, 1.82) is 0 Å². The highest BCUT2D eigenvalue weighted by Gasteiger charge is 2.35. The maximum absolute atomic E-state index is 12.5. The predicted octanol–water partition coefficient (Wildman–Crippen LogP) is 3.18. The van der Waals surface area contributed by atoms with E-state index in [1.807, 2.05) is 17.9 Å². The van der Waals surface area contributed by atoms with E-state index in [0.717, 1.165) is 74.4 Å². The van der Waals surface area contributed by atoms with Gasteiger partial charge in [0.05, 0.1) is 36.2 Å². The Morgan fingerprint density at radius 1 is 1.25 bits per heavy atom. The van der Waals surface area contributed by atoms with Crippen molar-refractivity contribution in [2.24, 2.45) is 12.5 Å². The van der Waals surface area contributed by atoms with Crippen LogP contribution in [0.15, 0.2) is 12.3 Å². The molecule has 0 radical (unpaired) electrons. The summed E-state index contributed by atoms with van der Waals surface area (Å²) in [5, 5.41) is 17.1. The summed E-state index contributed by atoms with van der Waals surface area (Å²) in [4.78, 5) is 19.7. The first-order valence-corrected chi connectivity index (χ1v) is 15.1. The number of hydrogen-bond acceptors (Lipinski definition) is 7. The highest BCUT2D eigenvalue weighted by molar-refractivity contribution is 5.89. The summed E-state index contributed by atoms with van der Waals surface area (Å²) in [5.41, 5.74) is 7.35. The summed E-state index contributed by atoms with van der Waals surface area (Å²) in [5.74, 6) is 0.0617. The van der Waals surface area contributed by atoms with Crippen molar-refractivity contribution in [3.8, 4) is 0 Å². The molecule has 0 aromatic carbocycles. The van der Waals surface area contributed by atoms with Gasteiger partial charge in [-0.25, -0.2) is 4.98 Å². The van der Waals surface area contributed by atoms with Gasteiger partial charge in [-0.1, -0.05) is 19.3 Å². The quantitative estimate of drug-likeness (QED) is 0.417. The van der Waals surface area contributed by atoms with Crippen LogP contribution in [0.4, 0.5) is 5.69 Å². The fourth-order valence-corrected chi connectivity index (χ4v) is 7.12. The number of aromatic nitrogens is 5. The number of fused-ring (bicyclic) bond motifs is 2. The smallest absolute Gasteiger partial charge is 0.239 e. The second-order valence-corrected chi connectivity index (χ2v) is 12.2. The zero-order valence-corrected chi connectivity index (χ0v) is 24.3. The Morgan fingerprint density at radius 3 is 2.90 bits per heavy atom. The Labute approximate surface area is 236 Å². The topological polar surface area (TPSA) is 102 Å². The van der Waals surface area contributed by atoms with E-state index in [9.17, 15) is 4.79 Å². The molecule has 0 unspecified atom stereocenters. The zero-order valence-electron chi connectivity index (χ0n) is 24.3. The lowest BCUT2D eigenvalue weighted by Crippen LogP contribution is -2.51. The summed E-state index contributed by atoms with van der Waals surface area (Å²) in [6.45, 7) is 9.64. The van der Waals surface area contributed by atoms with E-state index in [-0.39, 0.29) is 17.4 Å². The number of carbonyl (C=O) groups excluding carboxylic acids is 1. The van der Waals surface area contributed by atoms with Crippen molar-refractivity contribution < 1.29 is 9.53 Å². The van der Waals surface area contributed by atoms with Crippen LogP contribution in [0.3, 0.4) is 0 Å². The molecule has 1 saturated carbocycles. The molecule has 3 aliphatic rings. The third-order valence-corrected chi connectivity index (χ3v) is 9.31. The molecule has 1 amide bonds. The van der Waals surface area contributed by atoms with E-state index in [4.69, 9.17) is 14.8 Å². The first kappa shape index (κ1) is 27.2. The summed E-state index contributed by atoms with van der Waals surface area (Å²) in [7, 11) is 1.96. The minimum absolute atomic E-state index is 0.0617. The fraction of sp³-hybridized carbons (Fsp3) is 0.667. The molecule has 2 fully saturated rings. The molecule has 6 rings (SSSR count). The molecule has 10 heteroatoms. The van der Waals surface area contributed by atoms with Crippen molar-refractivity contribution >= 4 is 22.6 Å². The van der Waals surface area contributed by atoms with Gasteiger partial charge >= 0.3 is 0 Å². The van der Waals surface area contributed by atoms with Crippen LogP contribution in [0, 0.1) is 19.3 Å². The first-order valence-electron chi connectivity index (χ1n) is 15.1. The van der Waals surface area contributed by atoms with Gasteiger partial charge in [-0.2, -0.15) is 10.2 Å². The third-order valence-electron chi connectivity index (χ3n) is 9.31. The molecule has 5 heterocycles. The number of anilines is 1. The summed E-state index contributed by atoms with van der Waals surface area (Å²) in [6, 6.07) is 1.97. The van der Waals surface area contributed by atoms with E-state index in [2.05, 4.69) is 45.2 Å². The largest absolute Gasteiger partial charge is 0.378 e. The van der Waals surface area contributed by atoms with Crippen molar-refractivity contribution in [3.63, 3.8) is 0 Å². The molecule has 1 saturated heterocycles. The van der Waals surface area contributed by atoms with E-state index >= 15 is 0 Å². The number of morpholine rings is 1. The Hall–Kier alpha value is -2.98. The number of ether oxygens (including phenoxy) is 1. The van der Waals surface area contributed by atoms with Gasteiger partial charge in [-0.3, -0.25) is 14.2 Å². The molecule has 2 N–H and O–H groups in total. The van der Waals surface area contributed by atoms with E-state index < -0.39 is 0 Å². The van der Waals surface area contributed by atoms with Crippen LogP contribution >= 0.6 is 0 Å². The monoisotopic (exact) mass is 548 g/mol. The summed E-state index contributed by atoms with van der Waals surface area (Å²) < 4.78 is 9.66. The summed E-state index contributed by atoms with van der Waals surface area (Å²) >= 11 is 0. The third kappa shape index (κ3) is 5.48. The molecular formula is C30H44N8O2. The Kier molecular flexibility index (Phi) is 7.81. The lowest BCUT2D eigenvalue weighted by Gasteiger charge is -2.38. The molecule has 3 aromatic heterocycles. The van der Waals surface area contributed by atoms with Crippen LogP contribution in [0.5, 0.6) is 0 Å². The van der Waals surface area contributed by atoms with Gasteiger partial charge in [0.1, 0.15) is 6.04 Å². The van der Waals surface area contributed by atoms with Gasteiger partial charge in [0, 0.05) is 63.1 Å². The fourth-order valence-electron chi connectivity index (χ4n) is 7.12. The minimum atomic E-state index is -0.221. The number of nitrogens with zero attached hydrogens (tertiary/aromatic N) is 6. The number of hydrogen-bond donors (Lipinski definition) is 2. The molecule has 0 spiro atoms.